The van der Waals surface area contributed by atoms with E-state index in [0.717, 1.165) is 4.88 Å². The molecule has 0 bridgehead atoms. The molecule has 0 radical (unpaired) electrons. The Hall–Kier alpha value is -0.420. The van der Waals surface area contributed by atoms with Gasteiger partial charge in [0.15, 0.2) is 0 Å². The quantitative estimate of drug-likeness (QED) is 0.862. The minimum atomic E-state index is -0.627. The van der Waals surface area contributed by atoms with Gasteiger partial charge >= 0.3 is 0 Å². The number of rotatable bonds is 2. The first kappa shape index (κ1) is 9.15. The van der Waals surface area contributed by atoms with E-state index in [1.54, 1.807) is 12.3 Å². The largest absolute Gasteiger partial charge is 0.380 e. The summed E-state index contributed by atoms with van der Waals surface area (Å²) in [5.74, 6) is 0. The van der Waals surface area contributed by atoms with Gasteiger partial charge < -0.3 is 5.11 Å². The molecule has 0 spiro atoms. The molecule has 0 aliphatic heterocycles. The summed E-state index contributed by atoms with van der Waals surface area (Å²) >= 11 is 8.57. The van der Waals surface area contributed by atoms with Crippen LogP contribution in [0.25, 0.3) is 0 Å². The molecule has 1 N–H and O–H groups in total. The molecule has 0 saturated carbocycles. The molecule has 13 heavy (non-hydrogen) atoms. The van der Waals surface area contributed by atoms with Crippen molar-refractivity contribution in [2.24, 2.45) is 0 Å². The van der Waals surface area contributed by atoms with E-state index in [1.807, 2.05) is 11.4 Å². The van der Waals surface area contributed by atoms with Crippen molar-refractivity contribution in [3.8, 4) is 0 Å². The van der Waals surface area contributed by atoms with E-state index in [1.165, 1.54) is 22.7 Å². The number of hydrogen-bond donors (Lipinski definition) is 1. The van der Waals surface area contributed by atoms with Crippen LogP contribution in [0.3, 0.4) is 0 Å². The van der Waals surface area contributed by atoms with E-state index >= 15 is 0 Å². The molecular weight excluding hydrogens is 226 g/mol. The molecule has 2 nitrogen and oxygen atoms in total. The molecule has 0 aromatic carbocycles. The van der Waals surface area contributed by atoms with Gasteiger partial charge in [-0.1, -0.05) is 11.6 Å². The van der Waals surface area contributed by atoms with Crippen molar-refractivity contribution < 1.29 is 5.11 Å². The highest BCUT2D eigenvalue weighted by molar-refractivity contribution is 7.16. The second kappa shape index (κ2) is 3.75. The number of thiophene rings is 1. The standard InChI is InChI=1S/C8H6ClNOS2/c9-6-2-1-5(13-6)7(11)8-10-3-4-12-8/h1-4,7,11H. The molecular formula is C8H6ClNOS2. The van der Waals surface area contributed by atoms with Crippen molar-refractivity contribution in [1.29, 1.82) is 0 Å². The number of aliphatic hydroxyl groups excluding tert-OH is 1. The Bertz CT molecular complexity index is 385. The smallest absolute Gasteiger partial charge is 0.140 e. The Morgan fingerprint density at radius 3 is 2.85 bits per heavy atom. The molecule has 2 rings (SSSR count). The third-order valence-electron chi connectivity index (χ3n) is 1.55. The molecule has 2 heterocycles. The highest BCUT2D eigenvalue weighted by atomic mass is 35.5. The van der Waals surface area contributed by atoms with Crippen LogP contribution < -0.4 is 0 Å². The Morgan fingerprint density at radius 2 is 2.31 bits per heavy atom. The molecule has 5 heteroatoms. The molecule has 1 unspecified atom stereocenters. The van der Waals surface area contributed by atoms with Gasteiger partial charge in [0.05, 0.1) is 4.34 Å². The highest BCUT2D eigenvalue weighted by Gasteiger charge is 2.14. The lowest BCUT2D eigenvalue weighted by Gasteiger charge is -2.02. The van der Waals surface area contributed by atoms with Crippen molar-refractivity contribution in [3.05, 3.63) is 37.9 Å². The van der Waals surface area contributed by atoms with Gasteiger partial charge in [0.1, 0.15) is 11.1 Å². The average molecular weight is 232 g/mol. The van der Waals surface area contributed by atoms with Crippen LogP contribution in [-0.2, 0) is 0 Å². The number of halogens is 1. The first-order valence-corrected chi connectivity index (χ1v) is 5.67. The van der Waals surface area contributed by atoms with Crippen molar-refractivity contribution in [1.82, 2.24) is 4.98 Å². The summed E-state index contributed by atoms with van der Waals surface area (Å²) in [5, 5.41) is 12.3. The zero-order valence-electron chi connectivity index (χ0n) is 6.48. The first-order chi connectivity index (χ1) is 6.27. The summed E-state index contributed by atoms with van der Waals surface area (Å²) < 4.78 is 0.686. The monoisotopic (exact) mass is 231 g/mol. The summed E-state index contributed by atoms with van der Waals surface area (Å²) in [4.78, 5) is 4.87. The molecule has 0 aliphatic carbocycles. The number of thiazole rings is 1. The lowest BCUT2D eigenvalue weighted by atomic mass is 10.3. The van der Waals surface area contributed by atoms with Crippen molar-refractivity contribution in [2.75, 3.05) is 0 Å². The molecule has 2 aromatic rings. The van der Waals surface area contributed by atoms with Crippen LogP contribution >= 0.6 is 34.3 Å². The SMILES string of the molecule is OC(c1ccc(Cl)s1)c1nccs1. The van der Waals surface area contributed by atoms with E-state index in [9.17, 15) is 5.11 Å². The van der Waals surface area contributed by atoms with Gasteiger partial charge in [0.25, 0.3) is 0 Å². The first-order valence-electron chi connectivity index (χ1n) is 3.60. The van der Waals surface area contributed by atoms with Gasteiger partial charge in [-0.25, -0.2) is 4.98 Å². The maximum atomic E-state index is 9.79. The molecule has 2 aromatic heterocycles. The van der Waals surface area contributed by atoms with E-state index in [0.29, 0.717) is 9.34 Å². The molecule has 68 valence electrons. The average Bonchev–Trinajstić information content (AvgIpc) is 2.72. The van der Waals surface area contributed by atoms with Gasteiger partial charge in [0, 0.05) is 16.5 Å². The van der Waals surface area contributed by atoms with Crippen LogP contribution in [0.15, 0.2) is 23.7 Å². The predicted octanol–water partition coefficient (Wildman–Crippen LogP) is 2.94. The molecule has 0 fully saturated rings. The Labute approximate surface area is 88.5 Å². The summed E-state index contributed by atoms with van der Waals surface area (Å²) in [5.41, 5.74) is 0. The van der Waals surface area contributed by atoms with E-state index < -0.39 is 6.10 Å². The fourth-order valence-electron chi connectivity index (χ4n) is 0.966. The number of aliphatic hydroxyl groups is 1. The van der Waals surface area contributed by atoms with Gasteiger partial charge in [-0.3, -0.25) is 0 Å². The third-order valence-corrected chi connectivity index (χ3v) is 3.66. The maximum absolute atomic E-state index is 9.79. The number of nitrogens with zero attached hydrogens (tertiary/aromatic N) is 1. The van der Waals surface area contributed by atoms with E-state index in [-0.39, 0.29) is 0 Å². The number of aromatic nitrogens is 1. The van der Waals surface area contributed by atoms with Gasteiger partial charge in [0.2, 0.25) is 0 Å². The lowest BCUT2D eigenvalue weighted by Crippen LogP contribution is -1.94. The minimum Gasteiger partial charge on any atom is -0.380 e. The second-order valence-electron chi connectivity index (χ2n) is 2.41. The Kier molecular flexibility index (Phi) is 2.64. The summed E-state index contributed by atoms with van der Waals surface area (Å²) in [6.45, 7) is 0. The number of hydrogen-bond acceptors (Lipinski definition) is 4. The Morgan fingerprint density at radius 1 is 1.46 bits per heavy atom. The molecule has 0 aliphatic rings. The summed E-state index contributed by atoms with van der Waals surface area (Å²) in [7, 11) is 0. The van der Waals surface area contributed by atoms with Crippen molar-refractivity contribution in [2.45, 2.75) is 6.10 Å². The minimum absolute atomic E-state index is 0.627. The zero-order chi connectivity index (χ0) is 9.26. The van der Waals surface area contributed by atoms with Crippen LogP contribution in [0.1, 0.15) is 16.0 Å². The van der Waals surface area contributed by atoms with E-state index in [2.05, 4.69) is 4.98 Å². The van der Waals surface area contributed by atoms with Gasteiger partial charge in [-0.15, -0.1) is 22.7 Å². The van der Waals surface area contributed by atoms with Crippen LogP contribution in [0.5, 0.6) is 0 Å². The van der Waals surface area contributed by atoms with E-state index in [4.69, 9.17) is 11.6 Å². The molecule has 1 atom stereocenters. The van der Waals surface area contributed by atoms with Crippen LogP contribution in [0.4, 0.5) is 0 Å². The second-order valence-corrected chi connectivity index (χ2v) is 5.09. The van der Waals surface area contributed by atoms with Crippen LogP contribution in [-0.4, -0.2) is 10.1 Å². The molecule has 0 amide bonds. The molecule has 0 saturated heterocycles. The summed E-state index contributed by atoms with van der Waals surface area (Å²) in [6.07, 6.45) is 1.05. The van der Waals surface area contributed by atoms with Gasteiger partial charge in [-0.05, 0) is 12.1 Å². The third kappa shape index (κ3) is 1.91. The lowest BCUT2D eigenvalue weighted by molar-refractivity contribution is 0.223. The topological polar surface area (TPSA) is 33.1 Å². The van der Waals surface area contributed by atoms with Crippen LogP contribution in [0.2, 0.25) is 4.34 Å². The predicted molar refractivity (Wildman–Crippen MR) is 55.5 cm³/mol. The fourth-order valence-corrected chi connectivity index (χ4v) is 2.73. The Balaban J connectivity index is 2.28. The zero-order valence-corrected chi connectivity index (χ0v) is 8.86. The normalized spacial score (nSPS) is 13.1. The van der Waals surface area contributed by atoms with Crippen molar-refractivity contribution >= 4 is 34.3 Å². The van der Waals surface area contributed by atoms with Crippen molar-refractivity contribution in [3.63, 3.8) is 0 Å². The van der Waals surface area contributed by atoms with Gasteiger partial charge in [-0.2, -0.15) is 0 Å². The fraction of sp³-hybridized carbons (Fsp3) is 0.125. The van der Waals surface area contributed by atoms with Crippen LogP contribution in [0, 0.1) is 0 Å². The highest BCUT2D eigenvalue weighted by Crippen LogP contribution is 2.31. The maximum Gasteiger partial charge on any atom is 0.140 e. The summed E-state index contributed by atoms with van der Waals surface area (Å²) in [6, 6.07) is 3.59.